The van der Waals surface area contributed by atoms with E-state index < -0.39 is 0 Å². The number of fused-ring (bicyclic) bond motifs is 1. The molecule has 1 N–H and O–H groups in total. The topological polar surface area (TPSA) is 91.2 Å². The Hall–Kier alpha value is -2.55. The molecule has 158 valence electrons. The van der Waals surface area contributed by atoms with Crippen molar-refractivity contribution in [3.8, 4) is 0 Å². The molecule has 4 rings (SSSR count). The fourth-order valence-electron chi connectivity index (χ4n) is 3.71. The van der Waals surface area contributed by atoms with Crippen molar-refractivity contribution in [2.45, 2.75) is 25.9 Å². The van der Waals surface area contributed by atoms with Crippen LogP contribution >= 0.6 is 11.6 Å². The average molecular weight is 430 g/mol. The second kappa shape index (κ2) is 9.07. The number of methoxy groups -OCH3 is 1. The molecule has 0 saturated carbocycles. The molecule has 8 nitrogen and oxygen atoms in total. The molecular weight excluding hydrogens is 406 g/mol. The number of hydrogen-bond donors (Lipinski definition) is 1. The van der Waals surface area contributed by atoms with Gasteiger partial charge in [0.05, 0.1) is 42.2 Å². The van der Waals surface area contributed by atoms with Gasteiger partial charge in [-0.3, -0.25) is 9.78 Å². The third-order valence-corrected chi connectivity index (χ3v) is 5.51. The fraction of sp³-hybridized carbons (Fsp3) is 0.429. The Morgan fingerprint density at radius 2 is 2.27 bits per heavy atom. The third-order valence-electron chi connectivity index (χ3n) is 5.27. The quantitative estimate of drug-likeness (QED) is 0.621. The first-order valence-corrected chi connectivity index (χ1v) is 10.3. The highest BCUT2D eigenvalue weighted by atomic mass is 35.5. The lowest BCUT2D eigenvalue weighted by Gasteiger charge is -2.24. The van der Waals surface area contributed by atoms with Gasteiger partial charge >= 0.3 is 0 Å². The molecule has 2 unspecified atom stereocenters. The summed E-state index contributed by atoms with van der Waals surface area (Å²) in [6.07, 6.45) is 3.90. The number of imidazole rings is 1. The van der Waals surface area contributed by atoms with Crippen molar-refractivity contribution in [1.29, 1.82) is 0 Å². The van der Waals surface area contributed by atoms with Crippen LogP contribution in [0.2, 0.25) is 5.02 Å². The maximum absolute atomic E-state index is 13.0. The summed E-state index contributed by atoms with van der Waals surface area (Å²) in [7, 11) is 1.66. The number of aryl methyl sites for hydroxylation is 1. The first kappa shape index (κ1) is 20.7. The van der Waals surface area contributed by atoms with E-state index in [0.29, 0.717) is 31.4 Å². The zero-order valence-corrected chi connectivity index (χ0v) is 17.7. The monoisotopic (exact) mass is 429 g/mol. The highest BCUT2D eigenvalue weighted by molar-refractivity contribution is 6.31. The highest BCUT2D eigenvalue weighted by Crippen LogP contribution is 2.32. The summed E-state index contributed by atoms with van der Waals surface area (Å²) in [5, 5.41) is 3.74. The minimum atomic E-state index is -0.342. The second-order valence-electron chi connectivity index (χ2n) is 7.37. The van der Waals surface area contributed by atoms with Crippen LogP contribution in [0.5, 0.6) is 0 Å². The van der Waals surface area contributed by atoms with Crippen molar-refractivity contribution in [3.05, 3.63) is 52.8 Å². The third kappa shape index (κ3) is 4.30. The van der Waals surface area contributed by atoms with Crippen molar-refractivity contribution >= 4 is 28.5 Å². The molecule has 2 atom stereocenters. The number of carbonyl (C=O) groups excluding carboxylic acids is 1. The normalized spacial score (nSPS) is 17.4. The van der Waals surface area contributed by atoms with Crippen molar-refractivity contribution < 1.29 is 14.3 Å². The van der Waals surface area contributed by atoms with Crippen LogP contribution < -0.4 is 5.32 Å². The largest absolute Gasteiger partial charge is 0.383 e. The summed E-state index contributed by atoms with van der Waals surface area (Å²) in [5.74, 6) is 0.567. The number of nitrogens with zero attached hydrogens (tertiary/aromatic N) is 4. The minimum absolute atomic E-state index is 0.0981. The van der Waals surface area contributed by atoms with Gasteiger partial charge in [0.2, 0.25) is 0 Å². The van der Waals surface area contributed by atoms with E-state index in [0.717, 1.165) is 29.0 Å². The van der Waals surface area contributed by atoms with Crippen LogP contribution in [-0.2, 0) is 16.0 Å². The number of nitrogens with one attached hydrogen (secondary N) is 1. The van der Waals surface area contributed by atoms with Crippen molar-refractivity contribution in [2.24, 2.45) is 5.92 Å². The van der Waals surface area contributed by atoms with Gasteiger partial charge < -0.3 is 19.4 Å². The van der Waals surface area contributed by atoms with Crippen LogP contribution in [-0.4, -0.2) is 52.4 Å². The van der Waals surface area contributed by atoms with Gasteiger partial charge in [0, 0.05) is 37.4 Å². The maximum atomic E-state index is 13.0. The Balaban J connectivity index is 1.73. The number of rotatable bonds is 7. The fourth-order valence-corrected chi connectivity index (χ4v) is 3.88. The maximum Gasteiger partial charge on any atom is 0.272 e. The first-order valence-electron chi connectivity index (χ1n) is 9.88. The number of amides is 1. The van der Waals surface area contributed by atoms with Gasteiger partial charge in [0.25, 0.3) is 5.91 Å². The molecule has 0 spiro atoms. The van der Waals surface area contributed by atoms with E-state index in [1.807, 2.05) is 25.1 Å². The number of aromatic nitrogens is 4. The van der Waals surface area contributed by atoms with Gasteiger partial charge in [-0.1, -0.05) is 11.6 Å². The molecule has 9 heteroatoms. The molecule has 30 heavy (non-hydrogen) atoms. The smallest absolute Gasteiger partial charge is 0.272 e. The van der Waals surface area contributed by atoms with E-state index in [-0.39, 0.29) is 23.6 Å². The SMILES string of the molecule is COCCn1c(C(NC(=O)c2cnc(C)cn2)C2CCOC2)nc2cc(Cl)ccc21. The van der Waals surface area contributed by atoms with Gasteiger partial charge in [0.1, 0.15) is 11.5 Å². The van der Waals surface area contributed by atoms with Crippen LogP contribution in [0.4, 0.5) is 0 Å². The van der Waals surface area contributed by atoms with E-state index in [2.05, 4.69) is 19.9 Å². The van der Waals surface area contributed by atoms with E-state index in [1.54, 1.807) is 13.3 Å². The number of ether oxygens (including phenoxy) is 2. The summed E-state index contributed by atoms with van der Waals surface area (Å²) < 4.78 is 13.0. The molecule has 1 aromatic carbocycles. The standard InChI is InChI=1S/C21H24ClN5O3/c1-13-10-24-17(11-23-13)21(28)26-19(14-5-7-30-12-14)20-25-16-9-15(22)3-4-18(16)27(20)6-8-29-2/h3-4,9-11,14,19H,5-8,12H2,1-2H3,(H,26,28). The molecule has 0 aliphatic carbocycles. The van der Waals surface area contributed by atoms with Crippen LogP contribution in [0, 0.1) is 12.8 Å². The van der Waals surface area contributed by atoms with Gasteiger partial charge in [0.15, 0.2) is 0 Å². The number of hydrogen-bond acceptors (Lipinski definition) is 6. The lowest BCUT2D eigenvalue weighted by atomic mass is 9.98. The lowest BCUT2D eigenvalue weighted by molar-refractivity contribution is 0.0905. The molecule has 0 bridgehead atoms. The Labute approximate surface area is 179 Å². The van der Waals surface area contributed by atoms with Gasteiger partial charge in [-0.05, 0) is 31.5 Å². The van der Waals surface area contributed by atoms with Gasteiger partial charge in [-0.25, -0.2) is 9.97 Å². The Morgan fingerprint density at radius 3 is 2.97 bits per heavy atom. The number of carbonyl (C=O) groups is 1. The Morgan fingerprint density at radius 1 is 1.40 bits per heavy atom. The predicted octanol–water partition coefficient (Wildman–Crippen LogP) is 2.94. The molecule has 3 aromatic rings. The Bertz CT molecular complexity index is 1030. The molecule has 1 aliphatic rings. The van der Waals surface area contributed by atoms with E-state index in [4.69, 9.17) is 26.1 Å². The lowest BCUT2D eigenvalue weighted by Crippen LogP contribution is -2.36. The first-order chi connectivity index (χ1) is 14.6. The van der Waals surface area contributed by atoms with Crippen molar-refractivity contribution in [1.82, 2.24) is 24.8 Å². The molecule has 3 heterocycles. The summed E-state index contributed by atoms with van der Waals surface area (Å²) in [6.45, 7) is 4.17. The zero-order valence-electron chi connectivity index (χ0n) is 17.0. The van der Waals surface area contributed by atoms with Crippen molar-refractivity contribution in [3.63, 3.8) is 0 Å². The van der Waals surface area contributed by atoms with Crippen LogP contribution in [0.1, 0.15) is 34.5 Å². The summed E-state index contributed by atoms with van der Waals surface area (Å²) in [4.78, 5) is 26.2. The highest BCUT2D eigenvalue weighted by Gasteiger charge is 2.33. The number of benzene rings is 1. The van der Waals surface area contributed by atoms with Crippen molar-refractivity contribution in [2.75, 3.05) is 26.9 Å². The molecule has 1 aliphatic heterocycles. The molecule has 2 aromatic heterocycles. The van der Waals surface area contributed by atoms with Gasteiger partial charge in [-0.15, -0.1) is 0 Å². The van der Waals surface area contributed by atoms with E-state index >= 15 is 0 Å². The summed E-state index contributed by atoms with van der Waals surface area (Å²) in [6, 6.07) is 5.27. The molecule has 1 fully saturated rings. The summed E-state index contributed by atoms with van der Waals surface area (Å²) >= 11 is 6.19. The Kier molecular flexibility index (Phi) is 6.26. The molecule has 1 amide bonds. The number of halogens is 1. The zero-order chi connectivity index (χ0) is 21.1. The van der Waals surface area contributed by atoms with Crippen LogP contribution in [0.25, 0.3) is 11.0 Å². The predicted molar refractivity (Wildman–Crippen MR) is 113 cm³/mol. The molecular formula is C21H24ClN5O3. The minimum Gasteiger partial charge on any atom is -0.383 e. The summed E-state index contributed by atoms with van der Waals surface area (Å²) in [5.41, 5.74) is 2.75. The second-order valence-corrected chi connectivity index (χ2v) is 7.80. The van der Waals surface area contributed by atoms with Crippen LogP contribution in [0.15, 0.2) is 30.6 Å². The van der Waals surface area contributed by atoms with E-state index in [1.165, 1.54) is 6.20 Å². The molecule has 1 saturated heterocycles. The van der Waals surface area contributed by atoms with E-state index in [9.17, 15) is 4.79 Å². The van der Waals surface area contributed by atoms with Gasteiger partial charge in [-0.2, -0.15) is 0 Å². The van der Waals surface area contributed by atoms with Crippen LogP contribution in [0.3, 0.4) is 0 Å². The average Bonchev–Trinajstić information content (AvgIpc) is 3.38. The molecule has 0 radical (unpaired) electrons.